The number of thiophene rings is 1. The van der Waals surface area contributed by atoms with Crippen LogP contribution in [0.15, 0.2) is 36.4 Å². The average Bonchev–Trinajstić information content (AvgIpc) is 2.83. The van der Waals surface area contributed by atoms with Crippen molar-refractivity contribution in [2.75, 3.05) is 13.2 Å². The molecule has 2 N–H and O–H groups in total. The Hall–Kier alpha value is -1.23. The van der Waals surface area contributed by atoms with Crippen LogP contribution in [0.3, 0.4) is 0 Å². The topological polar surface area (TPSA) is 32.3 Å². The number of halogens is 1. The normalized spacial score (nSPS) is 10.8. The van der Waals surface area contributed by atoms with Gasteiger partial charge in [-0.05, 0) is 42.8 Å². The molecule has 1 aromatic heterocycles. The summed E-state index contributed by atoms with van der Waals surface area (Å²) in [5.41, 5.74) is 0.918. The van der Waals surface area contributed by atoms with E-state index in [9.17, 15) is 4.39 Å². The predicted octanol–water partition coefficient (Wildman–Crippen LogP) is 3.03. The van der Waals surface area contributed by atoms with Crippen LogP contribution < -0.4 is 5.32 Å². The van der Waals surface area contributed by atoms with E-state index in [1.165, 1.54) is 10.9 Å². The first-order valence-electron chi connectivity index (χ1n) is 5.96. The molecule has 1 aromatic carbocycles. The number of benzene rings is 1. The zero-order valence-electron chi connectivity index (χ0n) is 10.0. The average molecular weight is 265 g/mol. The van der Waals surface area contributed by atoms with Crippen LogP contribution in [0.5, 0.6) is 0 Å². The van der Waals surface area contributed by atoms with Gasteiger partial charge in [-0.2, -0.15) is 0 Å². The smallest absolute Gasteiger partial charge is 0.123 e. The van der Waals surface area contributed by atoms with Crippen LogP contribution in [0, 0.1) is 5.82 Å². The Labute approximate surface area is 110 Å². The van der Waals surface area contributed by atoms with Crippen LogP contribution in [-0.2, 0) is 6.54 Å². The molecule has 18 heavy (non-hydrogen) atoms. The van der Waals surface area contributed by atoms with Crippen molar-refractivity contribution in [3.63, 3.8) is 0 Å². The summed E-state index contributed by atoms with van der Waals surface area (Å²) in [4.78, 5) is 2.29. The largest absolute Gasteiger partial charge is 0.396 e. The second-order valence-electron chi connectivity index (χ2n) is 4.03. The zero-order valence-corrected chi connectivity index (χ0v) is 10.8. The van der Waals surface area contributed by atoms with Gasteiger partial charge in [0, 0.05) is 22.9 Å². The fourth-order valence-electron chi connectivity index (χ4n) is 1.69. The Morgan fingerprint density at radius 1 is 1.22 bits per heavy atom. The molecule has 0 unspecified atom stereocenters. The van der Waals surface area contributed by atoms with Crippen LogP contribution in [0.25, 0.3) is 10.4 Å². The third kappa shape index (κ3) is 3.63. The molecule has 2 rings (SSSR count). The first-order valence-corrected chi connectivity index (χ1v) is 6.77. The van der Waals surface area contributed by atoms with Gasteiger partial charge in [0.25, 0.3) is 0 Å². The van der Waals surface area contributed by atoms with Gasteiger partial charge >= 0.3 is 0 Å². The number of aliphatic hydroxyl groups excluding tert-OH is 1. The first-order chi connectivity index (χ1) is 8.79. The molecule has 0 saturated heterocycles. The zero-order chi connectivity index (χ0) is 12.8. The Morgan fingerprint density at radius 2 is 2.11 bits per heavy atom. The second kappa shape index (κ2) is 6.64. The highest BCUT2D eigenvalue weighted by Crippen LogP contribution is 2.28. The molecule has 0 bridgehead atoms. The van der Waals surface area contributed by atoms with E-state index in [0.29, 0.717) is 0 Å². The summed E-state index contributed by atoms with van der Waals surface area (Å²) in [7, 11) is 0. The van der Waals surface area contributed by atoms with E-state index >= 15 is 0 Å². The molecule has 0 fully saturated rings. The van der Waals surface area contributed by atoms with Crippen LogP contribution >= 0.6 is 11.3 Å². The maximum absolute atomic E-state index is 13.1. The number of hydrogen-bond acceptors (Lipinski definition) is 3. The SMILES string of the molecule is OCCCNCc1ccc(-c2cccc(F)c2)s1. The Kier molecular flexibility index (Phi) is 4.87. The minimum atomic E-state index is -0.205. The highest BCUT2D eigenvalue weighted by atomic mass is 32.1. The van der Waals surface area contributed by atoms with Crippen molar-refractivity contribution >= 4 is 11.3 Å². The van der Waals surface area contributed by atoms with Crippen LogP contribution in [0.4, 0.5) is 4.39 Å². The summed E-state index contributed by atoms with van der Waals surface area (Å²) >= 11 is 1.66. The molecule has 2 aromatic rings. The van der Waals surface area contributed by atoms with E-state index in [4.69, 9.17) is 5.11 Å². The minimum Gasteiger partial charge on any atom is -0.396 e. The Balaban J connectivity index is 1.97. The number of rotatable bonds is 6. The third-order valence-corrected chi connectivity index (χ3v) is 3.72. The molecule has 0 spiro atoms. The summed E-state index contributed by atoms with van der Waals surface area (Å²) in [6.07, 6.45) is 0.766. The quantitative estimate of drug-likeness (QED) is 0.787. The molecule has 0 aliphatic carbocycles. The molecule has 0 amide bonds. The summed E-state index contributed by atoms with van der Waals surface area (Å²) in [5, 5.41) is 11.9. The maximum Gasteiger partial charge on any atom is 0.123 e. The van der Waals surface area contributed by atoms with Crippen LogP contribution in [0.2, 0.25) is 0 Å². The summed E-state index contributed by atoms with van der Waals surface area (Å²) in [6.45, 7) is 1.82. The minimum absolute atomic E-state index is 0.205. The lowest BCUT2D eigenvalue weighted by molar-refractivity contribution is 0.286. The Bertz CT molecular complexity index is 498. The van der Waals surface area contributed by atoms with Gasteiger partial charge < -0.3 is 10.4 Å². The van der Waals surface area contributed by atoms with Crippen molar-refractivity contribution < 1.29 is 9.50 Å². The molecule has 0 radical (unpaired) electrons. The molecular formula is C14H16FNOS. The molecule has 4 heteroatoms. The monoisotopic (exact) mass is 265 g/mol. The van der Waals surface area contributed by atoms with Crippen molar-refractivity contribution in [1.29, 1.82) is 0 Å². The molecule has 0 aliphatic heterocycles. The predicted molar refractivity (Wildman–Crippen MR) is 73.1 cm³/mol. The van der Waals surface area contributed by atoms with Gasteiger partial charge in [-0.1, -0.05) is 12.1 Å². The molecular weight excluding hydrogens is 249 g/mol. The van der Waals surface area contributed by atoms with Crippen molar-refractivity contribution in [3.8, 4) is 10.4 Å². The highest BCUT2D eigenvalue weighted by molar-refractivity contribution is 7.15. The summed E-state index contributed by atoms with van der Waals surface area (Å²) in [5.74, 6) is -0.205. The standard InChI is InChI=1S/C14H16FNOS/c15-12-4-1-3-11(9-12)14-6-5-13(18-14)10-16-7-2-8-17/h1,3-6,9,16-17H,2,7-8,10H2. The maximum atomic E-state index is 13.1. The van der Waals surface area contributed by atoms with Crippen LogP contribution in [-0.4, -0.2) is 18.3 Å². The summed E-state index contributed by atoms with van der Waals surface area (Å²) in [6, 6.07) is 10.7. The van der Waals surface area contributed by atoms with Crippen molar-refractivity contribution in [2.45, 2.75) is 13.0 Å². The van der Waals surface area contributed by atoms with Gasteiger partial charge in [0.05, 0.1) is 0 Å². The van der Waals surface area contributed by atoms with E-state index in [1.54, 1.807) is 23.5 Å². The first kappa shape index (κ1) is 13.2. The van der Waals surface area contributed by atoms with E-state index in [0.717, 1.165) is 30.0 Å². The van der Waals surface area contributed by atoms with Gasteiger partial charge in [-0.3, -0.25) is 0 Å². The van der Waals surface area contributed by atoms with E-state index in [2.05, 4.69) is 11.4 Å². The van der Waals surface area contributed by atoms with Crippen LogP contribution in [0.1, 0.15) is 11.3 Å². The van der Waals surface area contributed by atoms with E-state index in [1.807, 2.05) is 12.1 Å². The molecule has 0 atom stereocenters. The Morgan fingerprint density at radius 3 is 2.89 bits per heavy atom. The van der Waals surface area contributed by atoms with Crippen molar-refractivity contribution in [3.05, 3.63) is 47.1 Å². The number of hydrogen-bond donors (Lipinski definition) is 2. The lowest BCUT2D eigenvalue weighted by Gasteiger charge is -2.00. The van der Waals surface area contributed by atoms with Crippen molar-refractivity contribution in [2.24, 2.45) is 0 Å². The van der Waals surface area contributed by atoms with Gasteiger partial charge in [-0.15, -0.1) is 11.3 Å². The van der Waals surface area contributed by atoms with E-state index in [-0.39, 0.29) is 12.4 Å². The number of aliphatic hydroxyl groups is 1. The van der Waals surface area contributed by atoms with Gasteiger partial charge in [0.1, 0.15) is 5.82 Å². The molecule has 0 saturated carbocycles. The van der Waals surface area contributed by atoms with Crippen molar-refractivity contribution in [1.82, 2.24) is 5.32 Å². The second-order valence-corrected chi connectivity index (χ2v) is 5.20. The molecule has 2 nitrogen and oxygen atoms in total. The molecule has 0 aliphatic rings. The molecule has 96 valence electrons. The lowest BCUT2D eigenvalue weighted by Crippen LogP contribution is -2.14. The van der Waals surface area contributed by atoms with E-state index < -0.39 is 0 Å². The highest BCUT2D eigenvalue weighted by Gasteiger charge is 2.03. The fraction of sp³-hybridized carbons (Fsp3) is 0.286. The van der Waals surface area contributed by atoms with Gasteiger partial charge in [-0.25, -0.2) is 4.39 Å². The number of nitrogens with one attached hydrogen (secondary N) is 1. The fourth-order valence-corrected chi connectivity index (χ4v) is 2.66. The van der Waals surface area contributed by atoms with Gasteiger partial charge in [0.15, 0.2) is 0 Å². The van der Waals surface area contributed by atoms with Gasteiger partial charge in [0.2, 0.25) is 0 Å². The summed E-state index contributed by atoms with van der Waals surface area (Å²) < 4.78 is 13.1. The third-order valence-electron chi connectivity index (χ3n) is 2.58. The lowest BCUT2D eigenvalue weighted by atomic mass is 10.2. The molecule has 1 heterocycles.